The number of aryl methyl sites for hydroxylation is 1. The van der Waals surface area contributed by atoms with E-state index in [0.29, 0.717) is 6.42 Å². The number of ether oxygens (including phenoxy) is 1. The van der Waals surface area contributed by atoms with Crippen LogP contribution in [-0.4, -0.2) is 61.1 Å². The second-order valence-electron chi connectivity index (χ2n) is 7.90. The molecule has 1 aromatic heterocycles. The van der Waals surface area contributed by atoms with Gasteiger partial charge in [0, 0.05) is 11.6 Å². The number of nitrogens with zero attached hydrogens (tertiary/aromatic N) is 1. The minimum atomic E-state index is -1.43. The lowest BCUT2D eigenvalue weighted by atomic mass is 9.98. The second kappa shape index (κ2) is 8.47. The van der Waals surface area contributed by atoms with Crippen LogP contribution in [0.4, 0.5) is 0 Å². The van der Waals surface area contributed by atoms with Crippen LogP contribution < -0.4 is 0 Å². The summed E-state index contributed by atoms with van der Waals surface area (Å²) in [5.74, 6) is 0. The van der Waals surface area contributed by atoms with Crippen molar-refractivity contribution in [2.45, 2.75) is 50.6 Å². The molecule has 0 amide bonds. The number of hydrogen-bond donors (Lipinski definition) is 5. The average molecular weight is 413 g/mol. The highest BCUT2D eigenvalue weighted by molar-refractivity contribution is 5.87. The quantitative estimate of drug-likeness (QED) is 0.426. The Kier molecular flexibility index (Phi) is 5.92. The van der Waals surface area contributed by atoms with E-state index in [2.05, 4.69) is 0 Å². The van der Waals surface area contributed by atoms with E-state index in [1.807, 2.05) is 55.6 Å². The number of aromatic nitrogens is 1. The molecule has 0 saturated carbocycles. The SMILES string of the molecule is Cc1cccc2c(Cc3ccc(CO)cc3)cn([C@@H]3O[C@H](CO)[C@@H](O)[C@H](O)[C@H]3O)c12. The minimum Gasteiger partial charge on any atom is -0.394 e. The van der Waals surface area contributed by atoms with Gasteiger partial charge in [-0.15, -0.1) is 0 Å². The first-order valence-corrected chi connectivity index (χ1v) is 10.0. The zero-order valence-corrected chi connectivity index (χ0v) is 16.7. The Morgan fingerprint density at radius 1 is 0.900 bits per heavy atom. The van der Waals surface area contributed by atoms with Crippen LogP contribution in [0.1, 0.15) is 28.5 Å². The molecule has 2 heterocycles. The van der Waals surface area contributed by atoms with Gasteiger partial charge >= 0.3 is 0 Å². The van der Waals surface area contributed by atoms with Crippen molar-refractivity contribution in [1.29, 1.82) is 0 Å². The first-order valence-electron chi connectivity index (χ1n) is 10.0. The first kappa shape index (κ1) is 21.0. The van der Waals surface area contributed by atoms with Gasteiger partial charge in [-0.3, -0.25) is 0 Å². The van der Waals surface area contributed by atoms with E-state index in [1.165, 1.54) is 0 Å². The van der Waals surface area contributed by atoms with Crippen LogP contribution in [-0.2, 0) is 17.8 Å². The summed E-state index contributed by atoms with van der Waals surface area (Å²) in [6, 6.07) is 13.6. The van der Waals surface area contributed by atoms with E-state index >= 15 is 0 Å². The summed E-state index contributed by atoms with van der Waals surface area (Å²) in [4.78, 5) is 0. The molecule has 7 nitrogen and oxygen atoms in total. The maximum absolute atomic E-state index is 10.6. The van der Waals surface area contributed by atoms with Gasteiger partial charge in [0.15, 0.2) is 6.23 Å². The molecule has 5 N–H and O–H groups in total. The van der Waals surface area contributed by atoms with Gasteiger partial charge in [-0.25, -0.2) is 0 Å². The number of aliphatic hydroxyl groups is 5. The third kappa shape index (κ3) is 3.65. The highest BCUT2D eigenvalue weighted by Gasteiger charge is 2.44. The van der Waals surface area contributed by atoms with Gasteiger partial charge in [-0.1, -0.05) is 42.5 Å². The van der Waals surface area contributed by atoms with Gasteiger partial charge in [0.25, 0.3) is 0 Å². The molecule has 0 unspecified atom stereocenters. The molecule has 2 aromatic carbocycles. The third-order valence-corrected chi connectivity index (χ3v) is 5.88. The van der Waals surface area contributed by atoms with Gasteiger partial charge in [-0.2, -0.15) is 0 Å². The van der Waals surface area contributed by atoms with Gasteiger partial charge in [0.2, 0.25) is 0 Å². The molecular weight excluding hydrogens is 386 g/mol. The van der Waals surface area contributed by atoms with Crippen LogP contribution in [0.2, 0.25) is 0 Å². The Morgan fingerprint density at radius 3 is 2.27 bits per heavy atom. The van der Waals surface area contributed by atoms with Gasteiger partial charge in [0.1, 0.15) is 24.4 Å². The summed E-state index contributed by atoms with van der Waals surface area (Å²) in [5, 5.41) is 50.8. The van der Waals surface area contributed by atoms with Crippen LogP contribution >= 0.6 is 0 Å². The Labute approximate surface area is 174 Å². The fourth-order valence-electron chi connectivity index (χ4n) is 4.20. The Hall–Kier alpha value is -2.26. The highest BCUT2D eigenvalue weighted by atomic mass is 16.6. The third-order valence-electron chi connectivity index (χ3n) is 5.88. The van der Waals surface area contributed by atoms with Crippen LogP contribution in [0.3, 0.4) is 0 Å². The lowest BCUT2D eigenvalue weighted by Crippen LogP contribution is -2.56. The van der Waals surface area contributed by atoms with Crippen molar-refractivity contribution < 1.29 is 30.3 Å². The van der Waals surface area contributed by atoms with Gasteiger partial charge in [-0.05, 0) is 35.6 Å². The molecule has 3 aromatic rings. The summed E-state index contributed by atoms with van der Waals surface area (Å²) < 4.78 is 7.58. The van der Waals surface area contributed by atoms with Gasteiger partial charge < -0.3 is 34.8 Å². The smallest absolute Gasteiger partial charge is 0.163 e. The molecule has 7 heteroatoms. The molecule has 1 aliphatic rings. The molecule has 0 aliphatic carbocycles. The molecule has 0 spiro atoms. The van der Waals surface area contributed by atoms with E-state index in [9.17, 15) is 25.5 Å². The van der Waals surface area contributed by atoms with Crippen molar-refractivity contribution in [3.8, 4) is 0 Å². The molecule has 160 valence electrons. The zero-order chi connectivity index (χ0) is 21.4. The van der Waals surface area contributed by atoms with E-state index in [-0.39, 0.29) is 6.61 Å². The Bertz CT molecular complexity index is 1010. The van der Waals surface area contributed by atoms with E-state index < -0.39 is 37.3 Å². The summed E-state index contributed by atoms with van der Waals surface area (Å²) >= 11 is 0. The number of fused-ring (bicyclic) bond motifs is 1. The topological polar surface area (TPSA) is 115 Å². The Balaban J connectivity index is 1.76. The summed E-state index contributed by atoms with van der Waals surface area (Å²) in [6.45, 7) is 1.49. The van der Waals surface area contributed by atoms with Crippen molar-refractivity contribution in [2.24, 2.45) is 0 Å². The van der Waals surface area contributed by atoms with Gasteiger partial charge in [0.05, 0.1) is 18.7 Å². The fraction of sp³-hybridized carbons (Fsp3) is 0.391. The summed E-state index contributed by atoms with van der Waals surface area (Å²) in [6.07, 6.45) is -3.57. The molecule has 0 radical (unpaired) electrons. The number of rotatable bonds is 5. The predicted octanol–water partition coefficient (Wildman–Crippen LogP) is 1.01. The van der Waals surface area contributed by atoms with E-state index in [0.717, 1.165) is 33.2 Å². The standard InChI is InChI=1S/C23H27NO6/c1-13-3-2-4-17-16(9-14-5-7-15(11-25)8-6-14)10-24(19(13)17)23-22(29)21(28)20(27)18(12-26)30-23/h2-8,10,18,20-23,25-29H,9,11-12H2,1H3/t18-,20-,21+,22-,23-/m1/s1. The molecule has 1 aliphatic heterocycles. The number of benzene rings is 2. The zero-order valence-electron chi connectivity index (χ0n) is 16.7. The highest BCUT2D eigenvalue weighted by Crippen LogP contribution is 2.35. The fourth-order valence-corrected chi connectivity index (χ4v) is 4.20. The lowest BCUT2D eigenvalue weighted by molar-refractivity contribution is -0.250. The molecule has 5 atom stereocenters. The van der Waals surface area contributed by atoms with Crippen LogP contribution in [0, 0.1) is 6.92 Å². The molecule has 1 saturated heterocycles. The molecule has 30 heavy (non-hydrogen) atoms. The number of aliphatic hydroxyl groups excluding tert-OH is 5. The van der Waals surface area contributed by atoms with Crippen LogP contribution in [0.5, 0.6) is 0 Å². The van der Waals surface area contributed by atoms with Crippen LogP contribution in [0.15, 0.2) is 48.7 Å². The van der Waals surface area contributed by atoms with Crippen molar-refractivity contribution in [3.63, 3.8) is 0 Å². The molecule has 1 fully saturated rings. The van der Waals surface area contributed by atoms with Crippen molar-refractivity contribution >= 4 is 10.9 Å². The monoisotopic (exact) mass is 413 g/mol. The van der Waals surface area contributed by atoms with E-state index in [1.54, 1.807) is 4.57 Å². The normalized spacial score (nSPS) is 26.9. The molecule has 4 rings (SSSR count). The maximum Gasteiger partial charge on any atom is 0.163 e. The Morgan fingerprint density at radius 2 is 1.60 bits per heavy atom. The largest absolute Gasteiger partial charge is 0.394 e. The molecular formula is C23H27NO6. The minimum absolute atomic E-state index is 0.00408. The summed E-state index contributed by atoms with van der Waals surface area (Å²) in [5.41, 5.74) is 4.78. The maximum atomic E-state index is 10.6. The number of hydrogen-bond acceptors (Lipinski definition) is 6. The second-order valence-corrected chi connectivity index (χ2v) is 7.90. The van der Waals surface area contributed by atoms with E-state index in [4.69, 9.17) is 4.74 Å². The van der Waals surface area contributed by atoms with Crippen LogP contribution in [0.25, 0.3) is 10.9 Å². The van der Waals surface area contributed by atoms with Crippen molar-refractivity contribution in [1.82, 2.24) is 4.57 Å². The molecule has 0 bridgehead atoms. The van der Waals surface area contributed by atoms with Crippen molar-refractivity contribution in [2.75, 3.05) is 6.61 Å². The summed E-state index contributed by atoms with van der Waals surface area (Å²) in [7, 11) is 0. The first-order chi connectivity index (χ1) is 14.4. The average Bonchev–Trinajstić information content (AvgIpc) is 3.12. The lowest BCUT2D eigenvalue weighted by Gasteiger charge is -2.40. The number of para-hydroxylation sites is 1. The predicted molar refractivity (Wildman–Crippen MR) is 111 cm³/mol. The van der Waals surface area contributed by atoms with Crippen molar-refractivity contribution in [3.05, 3.63) is 70.9 Å².